The van der Waals surface area contributed by atoms with Crippen molar-refractivity contribution >= 4 is 5.91 Å². The maximum atomic E-state index is 12.4. The number of hydrogen-bond donors (Lipinski definition) is 1. The Kier molecular flexibility index (Phi) is 6.59. The number of methoxy groups -OCH3 is 1. The summed E-state index contributed by atoms with van der Waals surface area (Å²) in [5, 5.41) is 2.95. The molecule has 1 amide bonds. The van der Waals surface area contributed by atoms with Crippen LogP contribution >= 0.6 is 0 Å². The first kappa shape index (κ1) is 20.3. The van der Waals surface area contributed by atoms with Crippen molar-refractivity contribution in [3.05, 3.63) is 47.5 Å². The minimum atomic E-state index is -0.0654. The molecule has 7 heteroatoms. The van der Waals surface area contributed by atoms with Crippen LogP contribution in [0.5, 0.6) is 23.0 Å². The highest BCUT2D eigenvalue weighted by molar-refractivity contribution is 5.78. The molecule has 1 atom stereocenters. The van der Waals surface area contributed by atoms with Crippen LogP contribution in [-0.2, 0) is 22.5 Å². The van der Waals surface area contributed by atoms with E-state index in [9.17, 15) is 4.79 Å². The molecule has 0 saturated carbocycles. The molecule has 0 spiro atoms. The zero-order chi connectivity index (χ0) is 20.8. The lowest BCUT2D eigenvalue weighted by atomic mass is 10.1. The molecular formula is C23H27NO6. The van der Waals surface area contributed by atoms with Gasteiger partial charge in [0.2, 0.25) is 5.91 Å². The number of ether oxygens (including phenoxy) is 5. The Balaban J connectivity index is 1.29. The van der Waals surface area contributed by atoms with Gasteiger partial charge < -0.3 is 29.0 Å². The summed E-state index contributed by atoms with van der Waals surface area (Å²) in [4.78, 5) is 12.4. The molecule has 1 unspecified atom stereocenters. The molecule has 0 radical (unpaired) electrons. The van der Waals surface area contributed by atoms with Gasteiger partial charge >= 0.3 is 0 Å². The predicted octanol–water partition coefficient (Wildman–Crippen LogP) is 2.88. The number of benzene rings is 2. The maximum Gasteiger partial charge on any atom is 0.224 e. The molecule has 2 aliphatic rings. The average Bonchev–Trinajstić information content (AvgIpc) is 3.30. The molecule has 2 aromatic rings. The topological polar surface area (TPSA) is 75.3 Å². The van der Waals surface area contributed by atoms with E-state index < -0.39 is 0 Å². The summed E-state index contributed by atoms with van der Waals surface area (Å²) in [6.07, 6.45) is 2.52. The second-order valence-electron chi connectivity index (χ2n) is 7.36. The van der Waals surface area contributed by atoms with Gasteiger partial charge in [0, 0.05) is 13.2 Å². The van der Waals surface area contributed by atoms with Gasteiger partial charge in [-0.25, -0.2) is 0 Å². The highest BCUT2D eigenvalue weighted by Crippen LogP contribution is 2.31. The van der Waals surface area contributed by atoms with Gasteiger partial charge in [-0.2, -0.15) is 0 Å². The van der Waals surface area contributed by atoms with Crippen molar-refractivity contribution in [3.63, 3.8) is 0 Å². The van der Waals surface area contributed by atoms with E-state index in [4.69, 9.17) is 23.7 Å². The van der Waals surface area contributed by atoms with Crippen LogP contribution in [0.25, 0.3) is 0 Å². The van der Waals surface area contributed by atoms with Crippen LogP contribution in [0.4, 0.5) is 0 Å². The van der Waals surface area contributed by atoms with E-state index in [0.29, 0.717) is 43.6 Å². The van der Waals surface area contributed by atoms with Gasteiger partial charge in [-0.3, -0.25) is 4.79 Å². The van der Waals surface area contributed by atoms with Crippen molar-refractivity contribution in [1.82, 2.24) is 5.32 Å². The number of fused-ring (bicyclic) bond motifs is 1. The van der Waals surface area contributed by atoms with Gasteiger partial charge in [-0.15, -0.1) is 0 Å². The summed E-state index contributed by atoms with van der Waals surface area (Å²) in [7, 11) is 1.61. The fourth-order valence-electron chi connectivity index (χ4n) is 3.55. The molecule has 0 aromatic heterocycles. The Bertz CT molecular complexity index is 878. The minimum Gasteiger partial charge on any atom is -0.493 e. The van der Waals surface area contributed by atoms with Crippen LogP contribution in [0.1, 0.15) is 24.0 Å². The number of carbonyl (C=O) groups excluding carboxylic acids is 1. The molecule has 2 aliphatic heterocycles. The lowest BCUT2D eigenvalue weighted by Gasteiger charge is -2.18. The fourth-order valence-corrected chi connectivity index (χ4v) is 3.55. The second-order valence-corrected chi connectivity index (χ2v) is 7.36. The fraction of sp³-hybridized carbons (Fsp3) is 0.435. The van der Waals surface area contributed by atoms with E-state index in [1.54, 1.807) is 7.11 Å². The third kappa shape index (κ3) is 5.16. The zero-order valence-electron chi connectivity index (χ0n) is 17.1. The molecule has 1 fully saturated rings. The van der Waals surface area contributed by atoms with Gasteiger partial charge in [0.05, 0.1) is 19.6 Å². The third-order valence-corrected chi connectivity index (χ3v) is 5.14. The van der Waals surface area contributed by atoms with Crippen molar-refractivity contribution < 1.29 is 28.5 Å². The minimum absolute atomic E-state index is 0.0654. The summed E-state index contributed by atoms with van der Waals surface area (Å²) in [6, 6.07) is 11.3. The molecule has 160 valence electrons. The zero-order valence-corrected chi connectivity index (χ0v) is 17.1. The van der Waals surface area contributed by atoms with Crippen LogP contribution < -0.4 is 24.3 Å². The monoisotopic (exact) mass is 413 g/mol. The number of carbonyl (C=O) groups is 1. The van der Waals surface area contributed by atoms with E-state index in [2.05, 4.69) is 5.32 Å². The summed E-state index contributed by atoms with van der Waals surface area (Å²) in [6.45, 7) is 2.80. The number of nitrogens with one attached hydrogen (secondary N) is 1. The first-order valence-electron chi connectivity index (χ1n) is 10.3. The number of amides is 1. The van der Waals surface area contributed by atoms with Crippen LogP contribution in [0.15, 0.2) is 36.4 Å². The summed E-state index contributed by atoms with van der Waals surface area (Å²) in [5.41, 5.74) is 1.82. The standard InChI is InChI=1S/C23H27NO6/c1-26-21-12-17(5-7-19(21)30-15-18-3-2-8-27-18)14-24-23(25)13-16-4-6-20-22(11-16)29-10-9-28-20/h4-7,11-12,18H,2-3,8-10,13-15H2,1H3,(H,24,25). The maximum absolute atomic E-state index is 12.4. The predicted molar refractivity (Wildman–Crippen MR) is 110 cm³/mol. The normalized spacial score (nSPS) is 17.4. The number of rotatable bonds is 8. The summed E-state index contributed by atoms with van der Waals surface area (Å²) >= 11 is 0. The lowest BCUT2D eigenvalue weighted by molar-refractivity contribution is -0.120. The summed E-state index contributed by atoms with van der Waals surface area (Å²) in [5.74, 6) is 2.67. The average molecular weight is 413 g/mol. The highest BCUT2D eigenvalue weighted by atomic mass is 16.6. The Labute approximate surface area is 176 Å². The Hall–Kier alpha value is -2.93. The van der Waals surface area contributed by atoms with Crippen molar-refractivity contribution in [2.75, 3.05) is 33.5 Å². The second kappa shape index (κ2) is 9.71. The van der Waals surface area contributed by atoms with Gasteiger partial charge in [-0.05, 0) is 48.2 Å². The molecule has 4 rings (SSSR count). The van der Waals surface area contributed by atoms with Gasteiger partial charge in [-0.1, -0.05) is 12.1 Å². The van der Waals surface area contributed by atoms with Gasteiger partial charge in [0.1, 0.15) is 19.8 Å². The summed E-state index contributed by atoms with van der Waals surface area (Å²) < 4.78 is 28.0. The van der Waals surface area contributed by atoms with E-state index in [1.165, 1.54) is 0 Å². The molecule has 1 N–H and O–H groups in total. The van der Waals surface area contributed by atoms with Gasteiger partial charge in [0.15, 0.2) is 23.0 Å². The van der Waals surface area contributed by atoms with E-state index >= 15 is 0 Å². The van der Waals surface area contributed by atoms with Crippen molar-refractivity contribution in [1.29, 1.82) is 0 Å². The van der Waals surface area contributed by atoms with Crippen molar-refractivity contribution in [2.24, 2.45) is 0 Å². The van der Waals surface area contributed by atoms with Crippen molar-refractivity contribution in [2.45, 2.75) is 31.9 Å². The van der Waals surface area contributed by atoms with Crippen LogP contribution in [0.2, 0.25) is 0 Å². The molecule has 0 bridgehead atoms. The molecule has 1 saturated heterocycles. The quantitative estimate of drug-likeness (QED) is 0.717. The molecular weight excluding hydrogens is 386 g/mol. The Morgan fingerprint density at radius 3 is 2.67 bits per heavy atom. The molecule has 2 aromatic carbocycles. The van der Waals surface area contributed by atoms with E-state index in [-0.39, 0.29) is 18.4 Å². The van der Waals surface area contributed by atoms with E-state index in [0.717, 1.165) is 36.3 Å². The van der Waals surface area contributed by atoms with Crippen LogP contribution in [0, 0.1) is 0 Å². The molecule has 2 heterocycles. The first-order valence-corrected chi connectivity index (χ1v) is 10.3. The largest absolute Gasteiger partial charge is 0.493 e. The smallest absolute Gasteiger partial charge is 0.224 e. The first-order chi connectivity index (χ1) is 14.7. The van der Waals surface area contributed by atoms with E-state index in [1.807, 2.05) is 36.4 Å². The van der Waals surface area contributed by atoms with Crippen molar-refractivity contribution in [3.8, 4) is 23.0 Å². The third-order valence-electron chi connectivity index (χ3n) is 5.14. The van der Waals surface area contributed by atoms with Crippen LogP contribution in [0.3, 0.4) is 0 Å². The Morgan fingerprint density at radius 2 is 1.87 bits per heavy atom. The highest BCUT2D eigenvalue weighted by Gasteiger charge is 2.17. The van der Waals surface area contributed by atoms with Gasteiger partial charge in [0.25, 0.3) is 0 Å². The van der Waals surface area contributed by atoms with Crippen LogP contribution in [-0.4, -0.2) is 45.5 Å². The SMILES string of the molecule is COc1cc(CNC(=O)Cc2ccc3c(c2)OCCO3)ccc1OCC1CCCO1. The molecule has 7 nitrogen and oxygen atoms in total. The molecule has 30 heavy (non-hydrogen) atoms. The molecule has 0 aliphatic carbocycles. The number of hydrogen-bond acceptors (Lipinski definition) is 6. The Morgan fingerprint density at radius 1 is 1.03 bits per heavy atom. The lowest BCUT2D eigenvalue weighted by Crippen LogP contribution is -2.24.